The van der Waals surface area contributed by atoms with Crippen molar-refractivity contribution < 1.29 is 24.5 Å². The maximum Gasteiger partial charge on any atom is 0.339 e. The molecule has 1 unspecified atom stereocenters. The second kappa shape index (κ2) is 8.49. The minimum atomic E-state index is -1.30. The van der Waals surface area contributed by atoms with Gasteiger partial charge in [0, 0.05) is 23.5 Å². The summed E-state index contributed by atoms with van der Waals surface area (Å²) in [7, 11) is 0. The Morgan fingerprint density at radius 1 is 1.29 bits per heavy atom. The number of aromatic hydroxyl groups is 1. The number of phenols is 1. The molecule has 8 nitrogen and oxygen atoms in total. The Balaban J connectivity index is 1.96. The van der Waals surface area contributed by atoms with Crippen LogP contribution in [0, 0.1) is 0 Å². The van der Waals surface area contributed by atoms with Gasteiger partial charge >= 0.3 is 12.0 Å². The highest BCUT2D eigenvalue weighted by atomic mass is 32.1. The summed E-state index contributed by atoms with van der Waals surface area (Å²) in [6.07, 6.45) is 3.29. The Hall–Kier alpha value is -3.85. The molecule has 1 atom stereocenters. The van der Waals surface area contributed by atoms with Crippen LogP contribution in [-0.2, 0) is 0 Å². The third-order valence-corrected chi connectivity index (χ3v) is 5.50. The van der Waals surface area contributed by atoms with E-state index in [1.54, 1.807) is 31.5 Å². The zero-order valence-electron chi connectivity index (χ0n) is 16.5. The lowest BCUT2D eigenvalue weighted by atomic mass is 9.88. The van der Waals surface area contributed by atoms with Crippen molar-refractivity contribution in [2.75, 3.05) is 6.61 Å². The van der Waals surface area contributed by atoms with Crippen LogP contribution < -0.4 is 15.4 Å². The second-order valence-electron chi connectivity index (χ2n) is 6.73. The van der Waals surface area contributed by atoms with Crippen LogP contribution in [0.3, 0.4) is 0 Å². The molecular formula is C22H19N3O5S. The number of urea groups is 1. The first-order valence-electron chi connectivity index (χ1n) is 9.47. The summed E-state index contributed by atoms with van der Waals surface area (Å²) >= 11 is 1.50. The molecule has 0 spiro atoms. The number of nitrogens with one attached hydrogen (secondary N) is 2. The van der Waals surface area contributed by atoms with Gasteiger partial charge in [0.25, 0.3) is 0 Å². The number of carbonyl (C=O) groups is 2. The zero-order valence-corrected chi connectivity index (χ0v) is 17.3. The predicted octanol–water partition coefficient (Wildman–Crippen LogP) is 3.87. The van der Waals surface area contributed by atoms with Gasteiger partial charge in [-0.05, 0) is 59.1 Å². The van der Waals surface area contributed by atoms with Crippen LogP contribution >= 0.6 is 11.3 Å². The molecular weight excluding hydrogens is 418 g/mol. The fourth-order valence-corrected chi connectivity index (χ4v) is 4.16. The van der Waals surface area contributed by atoms with Gasteiger partial charge < -0.3 is 25.6 Å². The van der Waals surface area contributed by atoms with Crippen molar-refractivity contribution in [2.45, 2.75) is 13.0 Å². The maximum absolute atomic E-state index is 12.6. The van der Waals surface area contributed by atoms with Crippen molar-refractivity contribution >= 4 is 34.6 Å². The molecule has 0 saturated carbocycles. The molecule has 3 aromatic rings. The van der Waals surface area contributed by atoms with Crippen molar-refractivity contribution in [1.82, 2.24) is 15.6 Å². The van der Waals surface area contributed by atoms with Crippen LogP contribution in [0.25, 0.3) is 11.3 Å². The molecule has 158 valence electrons. The summed E-state index contributed by atoms with van der Waals surface area (Å²) < 4.78 is 5.46. The van der Waals surface area contributed by atoms with Gasteiger partial charge in [0.15, 0.2) is 11.5 Å². The summed E-state index contributed by atoms with van der Waals surface area (Å²) in [5.74, 6) is -1.71. The standard InChI is InChI=1S/C22H19N3O5S/c1-2-30-16-9-14(8-15(20(16)26)21(27)28)19-17(13-5-7-31-11-13)18(24-22(29)25-19)12-4-3-6-23-10-12/h3-11,19,26H,2H2,1H3,(H,27,28)(H2,24,25,29). The minimum absolute atomic E-state index is 0.0396. The van der Waals surface area contributed by atoms with Crippen LogP contribution in [0.2, 0.25) is 0 Å². The van der Waals surface area contributed by atoms with E-state index in [1.165, 1.54) is 17.4 Å². The average Bonchev–Trinajstić information content (AvgIpc) is 3.29. The molecule has 1 aliphatic rings. The number of carboxylic acids is 1. The van der Waals surface area contributed by atoms with Crippen molar-refractivity contribution in [1.29, 1.82) is 0 Å². The molecule has 2 amide bonds. The number of benzene rings is 1. The molecule has 0 aliphatic carbocycles. The number of ether oxygens (including phenoxy) is 1. The Bertz CT molecular complexity index is 1160. The molecule has 2 aromatic heterocycles. The Labute approximate surface area is 181 Å². The van der Waals surface area contributed by atoms with Gasteiger partial charge in [-0.3, -0.25) is 4.98 Å². The number of rotatable bonds is 6. The normalized spacial score (nSPS) is 15.9. The number of carbonyl (C=O) groups excluding carboxylic acids is 1. The second-order valence-corrected chi connectivity index (χ2v) is 7.51. The van der Waals surface area contributed by atoms with Crippen molar-refractivity contribution in [2.24, 2.45) is 0 Å². The number of aromatic carboxylic acids is 1. The van der Waals surface area contributed by atoms with E-state index < -0.39 is 23.8 Å². The lowest BCUT2D eigenvalue weighted by molar-refractivity contribution is 0.0692. The summed E-state index contributed by atoms with van der Waals surface area (Å²) in [6.45, 7) is 1.97. The van der Waals surface area contributed by atoms with E-state index in [0.29, 0.717) is 16.8 Å². The molecule has 1 aliphatic heterocycles. The third-order valence-electron chi connectivity index (χ3n) is 4.82. The van der Waals surface area contributed by atoms with Gasteiger partial charge in [-0.1, -0.05) is 0 Å². The number of aromatic nitrogens is 1. The summed E-state index contributed by atoms with van der Waals surface area (Å²) in [5, 5.41) is 29.5. The molecule has 31 heavy (non-hydrogen) atoms. The van der Waals surface area contributed by atoms with Crippen molar-refractivity contribution in [3.05, 3.63) is 75.7 Å². The number of hydrogen-bond donors (Lipinski definition) is 4. The van der Waals surface area contributed by atoms with E-state index >= 15 is 0 Å². The maximum atomic E-state index is 12.6. The SMILES string of the molecule is CCOc1cc(C2NC(=O)NC(c3cccnc3)=C2c2ccsc2)cc(C(=O)O)c1O. The number of pyridine rings is 1. The average molecular weight is 437 g/mol. The molecule has 1 aromatic carbocycles. The molecule has 4 rings (SSSR count). The molecule has 0 bridgehead atoms. The van der Waals surface area contributed by atoms with E-state index in [1.807, 2.05) is 22.9 Å². The monoisotopic (exact) mass is 437 g/mol. The number of nitrogens with zero attached hydrogens (tertiary/aromatic N) is 1. The first kappa shape index (κ1) is 20.4. The van der Waals surface area contributed by atoms with Gasteiger partial charge in [-0.2, -0.15) is 11.3 Å². The van der Waals surface area contributed by atoms with E-state index in [-0.39, 0.29) is 17.9 Å². The topological polar surface area (TPSA) is 121 Å². The number of thiophene rings is 1. The summed E-state index contributed by atoms with van der Waals surface area (Å²) in [6, 6.07) is 7.31. The van der Waals surface area contributed by atoms with Crippen LogP contribution in [0.1, 0.15) is 40.0 Å². The molecule has 0 fully saturated rings. The van der Waals surface area contributed by atoms with Gasteiger partial charge in [-0.15, -0.1) is 0 Å². The lowest BCUT2D eigenvalue weighted by Gasteiger charge is -2.31. The quantitative estimate of drug-likeness (QED) is 0.465. The van der Waals surface area contributed by atoms with Gasteiger partial charge in [0.05, 0.1) is 18.3 Å². The van der Waals surface area contributed by atoms with E-state index in [9.17, 15) is 19.8 Å². The van der Waals surface area contributed by atoms with Crippen LogP contribution in [0.5, 0.6) is 11.5 Å². The van der Waals surface area contributed by atoms with Crippen molar-refractivity contribution in [3.8, 4) is 11.5 Å². The van der Waals surface area contributed by atoms with E-state index in [2.05, 4.69) is 15.6 Å². The Kier molecular flexibility index (Phi) is 5.59. The Morgan fingerprint density at radius 3 is 2.77 bits per heavy atom. The smallest absolute Gasteiger partial charge is 0.339 e. The molecule has 0 saturated heterocycles. The molecule has 4 N–H and O–H groups in total. The van der Waals surface area contributed by atoms with Crippen LogP contribution in [0.4, 0.5) is 4.79 Å². The summed E-state index contributed by atoms with van der Waals surface area (Å²) in [4.78, 5) is 28.5. The lowest BCUT2D eigenvalue weighted by Crippen LogP contribution is -2.43. The van der Waals surface area contributed by atoms with Crippen LogP contribution in [-0.4, -0.2) is 33.8 Å². The number of carboxylic acid groups (broad SMARTS) is 1. The number of hydrogen-bond acceptors (Lipinski definition) is 6. The predicted molar refractivity (Wildman–Crippen MR) is 116 cm³/mol. The van der Waals surface area contributed by atoms with E-state index in [4.69, 9.17) is 4.74 Å². The number of amides is 2. The molecule has 3 heterocycles. The zero-order chi connectivity index (χ0) is 22.0. The fraction of sp³-hybridized carbons (Fsp3) is 0.136. The highest BCUT2D eigenvalue weighted by Gasteiger charge is 2.32. The van der Waals surface area contributed by atoms with Gasteiger partial charge in [-0.25, -0.2) is 9.59 Å². The minimum Gasteiger partial charge on any atom is -0.504 e. The Morgan fingerprint density at radius 2 is 2.13 bits per heavy atom. The first-order chi connectivity index (χ1) is 15.0. The summed E-state index contributed by atoms with van der Waals surface area (Å²) in [5.41, 5.74) is 3.06. The molecule has 0 radical (unpaired) electrons. The van der Waals surface area contributed by atoms with Crippen LogP contribution in [0.15, 0.2) is 53.5 Å². The fourth-order valence-electron chi connectivity index (χ4n) is 3.51. The van der Waals surface area contributed by atoms with E-state index in [0.717, 1.165) is 11.1 Å². The largest absolute Gasteiger partial charge is 0.504 e. The van der Waals surface area contributed by atoms with Gasteiger partial charge in [0.1, 0.15) is 5.56 Å². The highest BCUT2D eigenvalue weighted by molar-refractivity contribution is 7.08. The highest BCUT2D eigenvalue weighted by Crippen LogP contribution is 2.42. The first-order valence-corrected chi connectivity index (χ1v) is 10.4. The molecule has 9 heteroatoms. The van der Waals surface area contributed by atoms with Gasteiger partial charge in [0.2, 0.25) is 0 Å². The third kappa shape index (κ3) is 3.95. The van der Waals surface area contributed by atoms with Crippen molar-refractivity contribution in [3.63, 3.8) is 0 Å².